The summed E-state index contributed by atoms with van der Waals surface area (Å²) in [5.74, 6) is 0.670. The minimum atomic E-state index is -0.0560. The molecule has 0 amide bonds. The van der Waals surface area contributed by atoms with E-state index < -0.39 is 0 Å². The van der Waals surface area contributed by atoms with Gasteiger partial charge in [0.2, 0.25) is 5.95 Å². The van der Waals surface area contributed by atoms with Crippen LogP contribution in [0.25, 0.3) is 21.3 Å². The predicted molar refractivity (Wildman–Crippen MR) is 126 cm³/mol. The number of aromatic amines is 1. The molecule has 3 heterocycles. The second-order valence-corrected chi connectivity index (χ2v) is 8.78. The number of piperazine rings is 1. The molecule has 0 radical (unpaired) electrons. The Morgan fingerprint density at radius 1 is 0.933 bits per heavy atom. The highest BCUT2D eigenvalue weighted by Gasteiger charge is 2.21. The van der Waals surface area contributed by atoms with Crippen molar-refractivity contribution in [2.75, 3.05) is 36.0 Å². The zero-order valence-corrected chi connectivity index (χ0v) is 18.0. The average molecular weight is 417 g/mol. The van der Waals surface area contributed by atoms with Gasteiger partial charge in [0, 0.05) is 42.8 Å². The number of fused-ring (bicyclic) bond motifs is 1. The third-order valence-electron chi connectivity index (χ3n) is 5.72. The van der Waals surface area contributed by atoms with Crippen LogP contribution in [-0.2, 0) is 0 Å². The van der Waals surface area contributed by atoms with Crippen molar-refractivity contribution < 1.29 is 0 Å². The number of aryl methyl sites for hydroxylation is 2. The van der Waals surface area contributed by atoms with E-state index in [1.54, 1.807) is 0 Å². The van der Waals surface area contributed by atoms with Crippen LogP contribution in [0.5, 0.6) is 0 Å². The van der Waals surface area contributed by atoms with E-state index in [0.717, 1.165) is 42.8 Å². The SMILES string of the molecule is Cc1ccc(-c2csc3c(=O)[nH]c(N4CCN(c5cccc(C)c5)CC4)nc23)cc1. The van der Waals surface area contributed by atoms with E-state index in [4.69, 9.17) is 4.98 Å². The first-order valence-electron chi connectivity index (χ1n) is 10.2. The summed E-state index contributed by atoms with van der Waals surface area (Å²) < 4.78 is 0.688. The minimum Gasteiger partial charge on any atom is -0.368 e. The van der Waals surface area contributed by atoms with Crippen LogP contribution >= 0.6 is 11.3 Å². The number of hydrogen-bond acceptors (Lipinski definition) is 5. The van der Waals surface area contributed by atoms with Crippen molar-refractivity contribution >= 4 is 33.2 Å². The topological polar surface area (TPSA) is 52.2 Å². The lowest BCUT2D eigenvalue weighted by Crippen LogP contribution is -2.47. The second kappa shape index (κ2) is 7.61. The van der Waals surface area contributed by atoms with Gasteiger partial charge in [0.05, 0.1) is 5.52 Å². The molecule has 0 aliphatic carbocycles. The summed E-state index contributed by atoms with van der Waals surface area (Å²) in [6.07, 6.45) is 0. The van der Waals surface area contributed by atoms with Crippen LogP contribution < -0.4 is 15.4 Å². The number of nitrogens with zero attached hydrogens (tertiary/aromatic N) is 3. The average Bonchev–Trinajstić information content (AvgIpc) is 3.19. The van der Waals surface area contributed by atoms with E-state index in [9.17, 15) is 4.79 Å². The highest BCUT2D eigenvalue weighted by molar-refractivity contribution is 7.17. The molecule has 1 saturated heterocycles. The van der Waals surface area contributed by atoms with E-state index in [0.29, 0.717) is 10.6 Å². The van der Waals surface area contributed by atoms with E-state index in [-0.39, 0.29) is 5.56 Å². The maximum Gasteiger partial charge on any atom is 0.270 e. The molecule has 30 heavy (non-hydrogen) atoms. The summed E-state index contributed by atoms with van der Waals surface area (Å²) in [6, 6.07) is 17.0. The molecular formula is C24H24N4OS. The van der Waals surface area contributed by atoms with Crippen molar-refractivity contribution in [2.24, 2.45) is 0 Å². The van der Waals surface area contributed by atoms with Crippen LogP contribution in [0.1, 0.15) is 11.1 Å². The Morgan fingerprint density at radius 2 is 1.67 bits per heavy atom. The number of nitrogens with one attached hydrogen (secondary N) is 1. The van der Waals surface area contributed by atoms with E-state index in [1.807, 2.05) is 5.38 Å². The second-order valence-electron chi connectivity index (χ2n) is 7.90. The van der Waals surface area contributed by atoms with E-state index in [1.165, 1.54) is 28.2 Å². The normalized spacial score (nSPS) is 14.5. The highest BCUT2D eigenvalue weighted by atomic mass is 32.1. The molecule has 1 aliphatic heterocycles. The Bertz CT molecular complexity index is 1250. The molecule has 0 spiro atoms. The Hall–Kier alpha value is -3.12. The number of aromatic nitrogens is 2. The molecule has 2 aromatic carbocycles. The first-order chi connectivity index (χ1) is 14.6. The smallest absolute Gasteiger partial charge is 0.270 e. The summed E-state index contributed by atoms with van der Waals surface area (Å²) >= 11 is 1.46. The lowest BCUT2D eigenvalue weighted by molar-refractivity contribution is 0.640. The van der Waals surface area contributed by atoms with Crippen LogP contribution in [0.2, 0.25) is 0 Å². The number of thiophene rings is 1. The van der Waals surface area contributed by atoms with Crippen LogP contribution in [0.3, 0.4) is 0 Å². The first-order valence-corrected chi connectivity index (χ1v) is 11.1. The molecule has 4 aromatic rings. The van der Waals surface area contributed by atoms with Gasteiger partial charge in [-0.15, -0.1) is 11.3 Å². The molecule has 2 aromatic heterocycles. The molecule has 1 fully saturated rings. The molecule has 0 atom stereocenters. The molecule has 0 unspecified atom stereocenters. The Balaban J connectivity index is 1.43. The minimum absolute atomic E-state index is 0.0560. The molecule has 0 bridgehead atoms. The van der Waals surface area contributed by atoms with Gasteiger partial charge < -0.3 is 9.80 Å². The molecule has 6 heteroatoms. The third kappa shape index (κ3) is 3.48. The standard InChI is InChI=1S/C24H24N4OS/c1-16-6-8-18(9-7-16)20-15-30-22-21(20)25-24(26-23(22)29)28-12-10-27(11-13-28)19-5-3-4-17(2)14-19/h3-9,14-15H,10-13H2,1-2H3,(H,25,26,29). The lowest BCUT2D eigenvalue weighted by atomic mass is 10.1. The molecule has 5 rings (SSSR count). The zero-order chi connectivity index (χ0) is 20.7. The molecule has 1 aliphatic rings. The maximum absolute atomic E-state index is 12.7. The molecular weight excluding hydrogens is 392 g/mol. The molecule has 5 nitrogen and oxygen atoms in total. The van der Waals surface area contributed by atoms with Gasteiger partial charge in [0.25, 0.3) is 5.56 Å². The van der Waals surface area contributed by atoms with Gasteiger partial charge in [0.1, 0.15) is 4.70 Å². The predicted octanol–water partition coefficient (Wildman–Crippen LogP) is 4.60. The van der Waals surface area contributed by atoms with Crippen molar-refractivity contribution in [1.29, 1.82) is 0 Å². The van der Waals surface area contributed by atoms with Crippen molar-refractivity contribution in [3.05, 3.63) is 75.4 Å². The quantitative estimate of drug-likeness (QED) is 0.531. The Morgan fingerprint density at radius 3 is 2.40 bits per heavy atom. The summed E-state index contributed by atoms with van der Waals surface area (Å²) in [4.78, 5) is 25.2. The van der Waals surface area contributed by atoms with E-state index >= 15 is 0 Å². The van der Waals surface area contributed by atoms with E-state index in [2.05, 4.69) is 77.2 Å². The van der Waals surface area contributed by atoms with Crippen molar-refractivity contribution in [3.63, 3.8) is 0 Å². The number of rotatable bonds is 3. The van der Waals surface area contributed by atoms with Crippen LogP contribution in [0, 0.1) is 13.8 Å². The van der Waals surface area contributed by atoms with Crippen LogP contribution in [0.4, 0.5) is 11.6 Å². The number of H-pyrrole nitrogens is 1. The fraction of sp³-hybridized carbons (Fsp3) is 0.250. The molecule has 0 saturated carbocycles. The lowest BCUT2D eigenvalue weighted by Gasteiger charge is -2.36. The van der Waals surface area contributed by atoms with Gasteiger partial charge in [-0.25, -0.2) is 4.98 Å². The van der Waals surface area contributed by atoms with Gasteiger partial charge in [-0.3, -0.25) is 9.78 Å². The fourth-order valence-electron chi connectivity index (χ4n) is 4.00. The summed E-state index contributed by atoms with van der Waals surface area (Å²) in [7, 11) is 0. The summed E-state index contributed by atoms with van der Waals surface area (Å²) in [5, 5.41) is 2.04. The van der Waals surface area contributed by atoms with Gasteiger partial charge in [0.15, 0.2) is 0 Å². The van der Waals surface area contributed by atoms with Crippen LogP contribution in [0.15, 0.2) is 58.7 Å². The van der Waals surface area contributed by atoms with Crippen molar-refractivity contribution in [2.45, 2.75) is 13.8 Å². The number of anilines is 2. The van der Waals surface area contributed by atoms with Gasteiger partial charge >= 0.3 is 0 Å². The van der Waals surface area contributed by atoms with Gasteiger partial charge in [-0.1, -0.05) is 42.0 Å². The number of benzene rings is 2. The van der Waals surface area contributed by atoms with Crippen LogP contribution in [-0.4, -0.2) is 36.1 Å². The zero-order valence-electron chi connectivity index (χ0n) is 17.2. The molecule has 1 N–H and O–H groups in total. The Kier molecular flexibility index (Phi) is 4.79. The van der Waals surface area contributed by atoms with Crippen molar-refractivity contribution in [3.8, 4) is 11.1 Å². The largest absolute Gasteiger partial charge is 0.368 e. The van der Waals surface area contributed by atoms with Gasteiger partial charge in [-0.2, -0.15) is 0 Å². The highest BCUT2D eigenvalue weighted by Crippen LogP contribution is 2.32. The summed E-state index contributed by atoms with van der Waals surface area (Å²) in [5.41, 5.74) is 6.61. The van der Waals surface area contributed by atoms with Crippen molar-refractivity contribution in [1.82, 2.24) is 9.97 Å². The fourth-order valence-corrected chi connectivity index (χ4v) is 4.91. The third-order valence-corrected chi connectivity index (χ3v) is 6.69. The Labute approximate surface area is 179 Å². The van der Waals surface area contributed by atoms with Gasteiger partial charge in [-0.05, 0) is 37.1 Å². The first kappa shape index (κ1) is 18.9. The number of hydrogen-bond donors (Lipinski definition) is 1. The maximum atomic E-state index is 12.7. The molecule has 152 valence electrons. The summed E-state index contributed by atoms with van der Waals surface area (Å²) in [6.45, 7) is 7.65. The monoisotopic (exact) mass is 416 g/mol.